The van der Waals surface area contributed by atoms with Gasteiger partial charge >= 0.3 is 11.9 Å². The third kappa shape index (κ3) is 4.96. The third-order valence-electron chi connectivity index (χ3n) is 5.35. The van der Waals surface area contributed by atoms with E-state index < -0.39 is 27.9 Å². The van der Waals surface area contributed by atoms with E-state index >= 15 is 0 Å². The van der Waals surface area contributed by atoms with Crippen molar-refractivity contribution in [2.45, 2.75) is 5.92 Å². The van der Waals surface area contributed by atoms with Crippen LogP contribution in [0.5, 0.6) is 5.75 Å². The number of hydrogen-bond acceptors (Lipinski definition) is 10. The van der Waals surface area contributed by atoms with E-state index in [0.717, 1.165) is 25.4 Å². The zero-order valence-electron chi connectivity index (χ0n) is 19.9. The van der Waals surface area contributed by atoms with E-state index in [1.165, 1.54) is 25.3 Å². The first-order valence-electron chi connectivity index (χ1n) is 10.4. The molecule has 0 radical (unpaired) electrons. The number of nitrogens with two attached hydrogens (primary N) is 1. The molecule has 0 saturated heterocycles. The summed E-state index contributed by atoms with van der Waals surface area (Å²) in [5, 5.41) is 10.1. The minimum atomic E-state index is -3.79. The Hall–Kier alpha value is -4.50. The number of rotatable bonds is 7. The highest BCUT2D eigenvalue weighted by molar-refractivity contribution is 7.92. The lowest BCUT2D eigenvalue weighted by Crippen LogP contribution is -2.41. The molecule has 0 bridgehead atoms. The number of ether oxygens (including phenoxy) is 3. The second kappa shape index (κ2) is 10.4. The zero-order chi connectivity index (χ0) is 26.6. The van der Waals surface area contributed by atoms with E-state index in [1.54, 1.807) is 30.3 Å². The number of benzene rings is 2. The van der Waals surface area contributed by atoms with Gasteiger partial charge in [-0.05, 0) is 17.7 Å². The van der Waals surface area contributed by atoms with Gasteiger partial charge in [0.1, 0.15) is 17.3 Å². The van der Waals surface area contributed by atoms with E-state index in [2.05, 4.69) is 4.72 Å². The topological polar surface area (TPSA) is 161 Å². The quantitative estimate of drug-likeness (QED) is 0.525. The van der Waals surface area contributed by atoms with Crippen molar-refractivity contribution >= 4 is 33.3 Å². The van der Waals surface area contributed by atoms with E-state index in [0.29, 0.717) is 5.56 Å². The average Bonchev–Trinajstić information content (AvgIpc) is 2.87. The highest BCUT2D eigenvalue weighted by atomic mass is 32.2. The Kier molecular flexibility index (Phi) is 7.55. The fourth-order valence-corrected chi connectivity index (χ4v) is 4.45. The van der Waals surface area contributed by atoms with Crippen molar-refractivity contribution in [2.75, 3.05) is 37.2 Å². The number of methoxy groups -OCH3 is 3. The molecule has 1 aliphatic rings. The van der Waals surface area contributed by atoms with E-state index in [9.17, 15) is 23.3 Å². The molecule has 0 amide bonds. The summed E-state index contributed by atoms with van der Waals surface area (Å²) in [5.41, 5.74) is 6.36. The highest BCUT2D eigenvalue weighted by Crippen LogP contribution is 2.45. The van der Waals surface area contributed by atoms with Crippen molar-refractivity contribution in [1.29, 1.82) is 5.26 Å². The van der Waals surface area contributed by atoms with Gasteiger partial charge in [-0.15, -0.1) is 0 Å². The van der Waals surface area contributed by atoms with Gasteiger partial charge in [-0.2, -0.15) is 5.26 Å². The predicted molar refractivity (Wildman–Crippen MR) is 131 cm³/mol. The standard InChI is InChI=1S/C24H24N4O7S/c1-33-15-10-11-17(27-36(4,31)32)18(12-15)28-21(24(30)35-3)20(23(29)34-2)19(16(13-25)22(28)26)14-8-6-5-7-9-14/h5-12,19,27H,26H2,1-4H3. The van der Waals surface area contributed by atoms with Crippen molar-refractivity contribution in [3.8, 4) is 11.8 Å². The molecule has 0 saturated carbocycles. The number of nitrogens with zero attached hydrogens (tertiary/aromatic N) is 2. The summed E-state index contributed by atoms with van der Waals surface area (Å²) >= 11 is 0. The van der Waals surface area contributed by atoms with Crippen LogP contribution < -0.4 is 20.1 Å². The molecule has 0 aliphatic carbocycles. The van der Waals surface area contributed by atoms with E-state index in [4.69, 9.17) is 19.9 Å². The molecule has 12 heteroatoms. The molecule has 1 unspecified atom stereocenters. The molecule has 36 heavy (non-hydrogen) atoms. The van der Waals surface area contributed by atoms with Crippen LogP contribution >= 0.6 is 0 Å². The monoisotopic (exact) mass is 512 g/mol. The van der Waals surface area contributed by atoms with Gasteiger partial charge in [0.05, 0.1) is 62.1 Å². The molecule has 2 aromatic rings. The summed E-state index contributed by atoms with van der Waals surface area (Å²) in [6.07, 6.45) is 0.944. The number of esters is 2. The summed E-state index contributed by atoms with van der Waals surface area (Å²) in [4.78, 5) is 27.4. The van der Waals surface area contributed by atoms with Gasteiger partial charge in [0.25, 0.3) is 0 Å². The van der Waals surface area contributed by atoms with Gasteiger partial charge in [-0.1, -0.05) is 30.3 Å². The molecule has 1 heterocycles. The normalized spacial score (nSPS) is 15.8. The van der Waals surface area contributed by atoms with Crippen LogP contribution in [0.1, 0.15) is 11.5 Å². The molecule has 3 N–H and O–H groups in total. The molecule has 0 fully saturated rings. The van der Waals surface area contributed by atoms with Crippen molar-refractivity contribution in [1.82, 2.24) is 0 Å². The number of carbonyl (C=O) groups excluding carboxylic acids is 2. The second-order valence-electron chi connectivity index (χ2n) is 7.59. The van der Waals surface area contributed by atoms with Gasteiger partial charge in [0, 0.05) is 6.07 Å². The molecule has 0 aromatic heterocycles. The summed E-state index contributed by atoms with van der Waals surface area (Å²) in [5.74, 6) is -2.88. The third-order valence-corrected chi connectivity index (χ3v) is 5.94. The smallest absolute Gasteiger partial charge is 0.355 e. The lowest BCUT2D eigenvalue weighted by molar-refractivity contribution is -0.139. The number of sulfonamides is 1. The lowest BCUT2D eigenvalue weighted by Gasteiger charge is -2.36. The maximum atomic E-state index is 13.2. The number of nitrogens with one attached hydrogen (secondary N) is 1. The van der Waals surface area contributed by atoms with Crippen LogP contribution in [0.4, 0.5) is 11.4 Å². The van der Waals surface area contributed by atoms with Crippen LogP contribution in [0.25, 0.3) is 0 Å². The number of carbonyl (C=O) groups is 2. The predicted octanol–water partition coefficient (Wildman–Crippen LogP) is 1.96. The molecular formula is C24H24N4O7S. The fraction of sp³-hybridized carbons (Fsp3) is 0.208. The summed E-state index contributed by atoms with van der Waals surface area (Å²) < 4.78 is 41.8. The molecule has 1 atom stereocenters. The largest absolute Gasteiger partial charge is 0.497 e. The van der Waals surface area contributed by atoms with E-state index in [-0.39, 0.29) is 39.8 Å². The SMILES string of the molecule is COC(=O)C1=C(C(=O)OC)N(c2cc(OC)ccc2NS(C)(=O)=O)C(N)=C(C#N)C1c1ccccc1. The molecule has 1 aliphatic heterocycles. The first-order chi connectivity index (χ1) is 17.1. The number of hydrogen-bond donors (Lipinski definition) is 2. The van der Waals surface area contributed by atoms with Gasteiger partial charge < -0.3 is 19.9 Å². The fourth-order valence-electron chi connectivity index (χ4n) is 3.87. The van der Waals surface area contributed by atoms with Gasteiger partial charge in [0.2, 0.25) is 10.0 Å². The number of anilines is 2. The minimum absolute atomic E-state index is 0.00215. The van der Waals surface area contributed by atoms with Crippen LogP contribution in [-0.2, 0) is 29.1 Å². The van der Waals surface area contributed by atoms with E-state index in [1.807, 2.05) is 6.07 Å². The molecule has 2 aromatic carbocycles. The molecule has 11 nitrogen and oxygen atoms in total. The average molecular weight is 513 g/mol. The Morgan fingerprint density at radius 1 is 1.06 bits per heavy atom. The van der Waals surface area contributed by atoms with Crippen LogP contribution in [0.3, 0.4) is 0 Å². The molecule has 0 spiro atoms. The molecular weight excluding hydrogens is 488 g/mol. The Labute approximate surface area is 208 Å². The van der Waals surface area contributed by atoms with Crippen molar-refractivity contribution in [3.63, 3.8) is 0 Å². The maximum absolute atomic E-state index is 13.2. The maximum Gasteiger partial charge on any atom is 0.355 e. The second-order valence-corrected chi connectivity index (χ2v) is 9.34. The molecule has 188 valence electrons. The first kappa shape index (κ1) is 26.1. The van der Waals surface area contributed by atoms with Crippen LogP contribution in [-0.4, -0.2) is 47.9 Å². The summed E-state index contributed by atoms with van der Waals surface area (Å²) in [7, 11) is -0.156. The summed E-state index contributed by atoms with van der Waals surface area (Å²) in [6, 6.07) is 14.8. The Balaban J connectivity index is 2.48. The number of allylic oxidation sites excluding steroid dienone is 1. The van der Waals surface area contributed by atoms with Gasteiger partial charge in [-0.25, -0.2) is 18.0 Å². The Bertz CT molecular complexity index is 1410. The Morgan fingerprint density at radius 2 is 1.69 bits per heavy atom. The van der Waals surface area contributed by atoms with Gasteiger partial charge in [-0.3, -0.25) is 9.62 Å². The lowest BCUT2D eigenvalue weighted by atomic mass is 9.81. The highest BCUT2D eigenvalue weighted by Gasteiger charge is 2.43. The molecule has 3 rings (SSSR count). The number of nitriles is 1. The zero-order valence-corrected chi connectivity index (χ0v) is 20.8. The minimum Gasteiger partial charge on any atom is -0.497 e. The Morgan fingerprint density at radius 3 is 2.22 bits per heavy atom. The van der Waals surface area contributed by atoms with Crippen molar-refractivity contribution < 1.29 is 32.2 Å². The van der Waals surface area contributed by atoms with Crippen molar-refractivity contribution in [3.05, 3.63) is 76.8 Å². The van der Waals surface area contributed by atoms with Crippen LogP contribution in [0.15, 0.2) is 71.2 Å². The summed E-state index contributed by atoms with van der Waals surface area (Å²) in [6.45, 7) is 0. The van der Waals surface area contributed by atoms with Gasteiger partial charge in [0.15, 0.2) is 0 Å². The van der Waals surface area contributed by atoms with Crippen molar-refractivity contribution in [2.24, 2.45) is 5.73 Å². The first-order valence-corrected chi connectivity index (χ1v) is 12.3. The van der Waals surface area contributed by atoms with Crippen LogP contribution in [0, 0.1) is 11.3 Å². The van der Waals surface area contributed by atoms with Crippen LogP contribution in [0.2, 0.25) is 0 Å².